The number of alkyl halides is 2. The number of rotatable bonds is 6. The number of halogens is 2. The van der Waals surface area contributed by atoms with Gasteiger partial charge < -0.3 is 15.5 Å². The van der Waals surface area contributed by atoms with E-state index in [2.05, 4.69) is 5.32 Å². The number of aliphatic hydroxyl groups excluding tert-OH is 2. The maximum atomic E-state index is 11.8. The van der Waals surface area contributed by atoms with Crippen molar-refractivity contribution in [1.82, 2.24) is 5.32 Å². The summed E-state index contributed by atoms with van der Waals surface area (Å²) >= 11 is 0. The highest BCUT2D eigenvalue weighted by molar-refractivity contribution is 4.71. The van der Waals surface area contributed by atoms with Crippen molar-refractivity contribution in [2.45, 2.75) is 26.4 Å². The van der Waals surface area contributed by atoms with Crippen molar-refractivity contribution in [3.63, 3.8) is 0 Å². The molecule has 0 amide bonds. The largest absolute Gasteiger partial charge is 0.396 e. The van der Waals surface area contributed by atoms with Gasteiger partial charge in [0.25, 0.3) is 6.43 Å². The van der Waals surface area contributed by atoms with Crippen LogP contribution in [0.5, 0.6) is 0 Å². The molecular formula is C8H17F2NO2. The van der Waals surface area contributed by atoms with Crippen LogP contribution in [0.2, 0.25) is 0 Å². The molecule has 0 aliphatic carbocycles. The summed E-state index contributed by atoms with van der Waals surface area (Å²) in [5.74, 6) is 0. The van der Waals surface area contributed by atoms with E-state index in [1.165, 1.54) is 0 Å². The molecule has 0 aliphatic heterocycles. The number of hydrogen-bond donors (Lipinski definition) is 3. The lowest BCUT2D eigenvalue weighted by Gasteiger charge is -2.22. The molecule has 1 atom stereocenters. The minimum Gasteiger partial charge on any atom is -0.396 e. The summed E-state index contributed by atoms with van der Waals surface area (Å²) in [6.07, 6.45) is -4.35. The predicted molar refractivity (Wildman–Crippen MR) is 45.7 cm³/mol. The molecule has 0 rings (SSSR count). The summed E-state index contributed by atoms with van der Waals surface area (Å²) < 4.78 is 23.6. The van der Waals surface area contributed by atoms with Crippen molar-refractivity contribution in [2.75, 3.05) is 19.7 Å². The first-order valence-electron chi connectivity index (χ1n) is 4.17. The summed E-state index contributed by atoms with van der Waals surface area (Å²) in [7, 11) is 0. The predicted octanol–water partition coefficient (Wildman–Crippen LogP) is 0.221. The second-order valence-corrected chi connectivity index (χ2v) is 3.86. The molecule has 0 aliphatic rings. The van der Waals surface area contributed by atoms with E-state index in [9.17, 15) is 8.78 Å². The molecule has 0 aromatic rings. The Morgan fingerprint density at radius 1 is 1.38 bits per heavy atom. The standard InChI is InChI=1S/C8H17F2NO2/c1-8(2,5-12)4-11-3-6(13)7(9)10/h6-7,11-13H,3-5H2,1-2H3. The van der Waals surface area contributed by atoms with E-state index >= 15 is 0 Å². The van der Waals surface area contributed by atoms with Crippen LogP contribution >= 0.6 is 0 Å². The second-order valence-electron chi connectivity index (χ2n) is 3.86. The quantitative estimate of drug-likeness (QED) is 0.571. The fourth-order valence-electron chi connectivity index (χ4n) is 0.703. The highest BCUT2D eigenvalue weighted by Gasteiger charge is 2.19. The molecule has 0 aromatic heterocycles. The van der Waals surface area contributed by atoms with Gasteiger partial charge in [0.2, 0.25) is 0 Å². The maximum Gasteiger partial charge on any atom is 0.265 e. The Kier molecular flexibility index (Phi) is 5.36. The van der Waals surface area contributed by atoms with Crippen molar-refractivity contribution >= 4 is 0 Å². The maximum absolute atomic E-state index is 11.8. The summed E-state index contributed by atoms with van der Waals surface area (Å²) in [4.78, 5) is 0. The lowest BCUT2D eigenvalue weighted by Crippen LogP contribution is -2.38. The lowest BCUT2D eigenvalue weighted by molar-refractivity contribution is -0.00487. The first-order valence-corrected chi connectivity index (χ1v) is 4.17. The minimum absolute atomic E-state index is 0.0230. The van der Waals surface area contributed by atoms with Gasteiger partial charge in [0.1, 0.15) is 6.10 Å². The third kappa shape index (κ3) is 5.90. The van der Waals surface area contributed by atoms with Crippen LogP contribution in [0.3, 0.4) is 0 Å². The van der Waals surface area contributed by atoms with Gasteiger partial charge in [-0.05, 0) is 0 Å². The van der Waals surface area contributed by atoms with Crippen LogP contribution in [-0.2, 0) is 0 Å². The van der Waals surface area contributed by atoms with E-state index in [4.69, 9.17) is 10.2 Å². The van der Waals surface area contributed by atoms with Crippen molar-refractivity contribution in [3.05, 3.63) is 0 Å². The first kappa shape index (κ1) is 12.7. The summed E-state index contributed by atoms with van der Waals surface area (Å²) in [5, 5.41) is 20.2. The molecule has 3 N–H and O–H groups in total. The Bertz CT molecular complexity index is 142. The molecule has 3 nitrogen and oxygen atoms in total. The number of aliphatic hydroxyl groups is 2. The zero-order chi connectivity index (χ0) is 10.5. The highest BCUT2D eigenvalue weighted by atomic mass is 19.3. The van der Waals surface area contributed by atoms with Gasteiger partial charge in [0.05, 0.1) is 0 Å². The van der Waals surface area contributed by atoms with Gasteiger partial charge in [-0.2, -0.15) is 0 Å². The molecule has 80 valence electrons. The van der Waals surface area contributed by atoms with Crippen LogP contribution < -0.4 is 5.32 Å². The fraction of sp³-hybridized carbons (Fsp3) is 1.00. The van der Waals surface area contributed by atoms with Crippen LogP contribution in [0, 0.1) is 5.41 Å². The molecular weight excluding hydrogens is 180 g/mol. The zero-order valence-electron chi connectivity index (χ0n) is 7.93. The minimum atomic E-state index is -2.72. The number of nitrogens with one attached hydrogen (secondary N) is 1. The van der Waals surface area contributed by atoms with E-state index in [1.54, 1.807) is 13.8 Å². The second kappa shape index (κ2) is 5.47. The van der Waals surface area contributed by atoms with Crippen molar-refractivity contribution in [1.29, 1.82) is 0 Å². The van der Waals surface area contributed by atoms with Gasteiger partial charge in [0.15, 0.2) is 0 Å². The van der Waals surface area contributed by atoms with Gasteiger partial charge in [-0.15, -0.1) is 0 Å². The monoisotopic (exact) mass is 197 g/mol. The number of hydrogen-bond acceptors (Lipinski definition) is 3. The molecule has 0 saturated carbocycles. The van der Waals surface area contributed by atoms with Crippen LogP contribution in [0.1, 0.15) is 13.8 Å². The molecule has 0 bridgehead atoms. The van der Waals surface area contributed by atoms with E-state index in [1.807, 2.05) is 0 Å². The van der Waals surface area contributed by atoms with Gasteiger partial charge >= 0.3 is 0 Å². The average molecular weight is 197 g/mol. The van der Waals surface area contributed by atoms with Crippen molar-refractivity contribution in [3.8, 4) is 0 Å². The van der Waals surface area contributed by atoms with Gasteiger partial charge in [-0.3, -0.25) is 0 Å². The zero-order valence-corrected chi connectivity index (χ0v) is 7.93. The molecule has 0 heterocycles. The summed E-state index contributed by atoms with van der Waals surface area (Å²) in [5.41, 5.74) is -0.345. The fourth-order valence-corrected chi connectivity index (χ4v) is 0.703. The molecule has 13 heavy (non-hydrogen) atoms. The Labute approximate surface area is 76.8 Å². The third-order valence-electron chi connectivity index (χ3n) is 1.68. The normalized spacial score (nSPS) is 15.0. The van der Waals surface area contributed by atoms with E-state index in [0.717, 1.165) is 0 Å². The van der Waals surface area contributed by atoms with Gasteiger partial charge in [0, 0.05) is 25.1 Å². The molecule has 1 unspecified atom stereocenters. The van der Waals surface area contributed by atoms with Crippen LogP contribution in [0.4, 0.5) is 8.78 Å². The molecule has 0 fully saturated rings. The Balaban J connectivity index is 3.56. The molecule has 0 saturated heterocycles. The van der Waals surface area contributed by atoms with Crippen molar-refractivity contribution < 1.29 is 19.0 Å². The van der Waals surface area contributed by atoms with Gasteiger partial charge in [-0.25, -0.2) is 8.78 Å². The third-order valence-corrected chi connectivity index (χ3v) is 1.68. The SMILES string of the molecule is CC(C)(CO)CNCC(O)C(F)F. The molecule has 0 spiro atoms. The van der Waals surface area contributed by atoms with E-state index in [0.29, 0.717) is 6.54 Å². The summed E-state index contributed by atoms with van der Waals surface area (Å²) in [6, 6.07) is 0. The average Bonchev–Trinajstić information content (AvgIpc) is 2.04. The van der Waals surface area contributed by atoms with Gasteiger partial charge in [-0.1, -0.05) is 13.8 Å². The van der Waals surface area contributed by atoms with Crippen molar-refractivity contribution in [2.24, 2.45) is 5.41 Å². The first-order chi connectivity index (χ1) is 5.89. The Morgan fingerprint density at radius 2 is 1.92 bits per heavy atom. The van der Waals surface area contributed by atoms with Crippen LogP contribution in [-0.4, -0.2) is 42.4 Å². The summed E-state index contributed by atoms with van der Waals surface area (Å²) in [6.45, 7) is 3.82. The van der Waals surface area contributed by atoms with Crippen LogP contribution in [0.15, 0.2) is 0 Å². The van der Waals surface area contributed by atoms with E-state index < -0.39 is 12.5 Å². The highest BCUT2D eigenvalue weighted by Crippen LogP contribution is 2.11. The lowest BCUT2D eigenvalue weighted by atomic mass is 9.95. The molecule has 5 heteroatoms. The molecule has 0 radical (unpaired) electrons. The molecule has 0 aromatic carbocycles. The topological polar surface area (TPSA) is 52.5 Å². The smallest absolute Gasteiger partial charge is 0.265 e. The Morgan fingerprint density at radius 3 is 2.31 bits per heavy atom. The van der Waals surface area contributed by atoms with Crippen LogP contribution in [0.25, 0.3) is 0 Å². The van der Waals surface area contributed by atoms with E-state index in [-0.39, 0.29) is 18.6 Å². The Hall–Kier alpha value is -0.260.